The summed E-state index contributed by atoms with van der Waals surface area (Å²) in [7, 11) is 0. The number of nitrogens with zero attached hydrogens (tertiary/aromatic N) is 3. The number of amides is 1. The van der Waals surface area contributed by atoms with Crippen molar-refractivity contribution in [1.29, 1.82) is 0 Å². The lowest BCUT2D eigenvalue weighted by atomic mass is 9.86. The van der Waals surface area contributed by atoms with Crippen LogP contribution in [0.15, 0.2) is 33.9 Å². The molecule has 0 aliphatic rings. The van der Waals surface area contributed by atoms with Crippen molar-refractivity contribution in [3.8, 4) is 0 Å². The summed E-state index contributed by atoms with van der Waals surface area (Å²) in [6, 6.07) is 7.52. The van der Waals surface area contributed by atoms with E-state index in [0.717, 1.165) is 10.0 Å². The molecule has 0 saturated carbocycles. The summed E-state index contributed by atoms with van der Waals surface area (Å²) in [4.78, 5) is 14.6. The molecule has 0 aliphatic carbocycles. The Morgan fingerprint density at radius 3 is 2.90 bits per heavy atom. The lowest BCUT2D eigenvalue weighted by Gasteiger charge is -2.31. The highest BCUT2D eigenvalue weighted by molar-refractivity contribution is 9.10. The van der Waals surface area contributed by atoms with Crippen LogP contribution < -0.4 is 11.1 Å². The van der Waals surface area contributed by atoms with E-state index in [1.807, 2.05) is 31.2 Å². The molecule has 3 N–H and O–H groups in total. The number of carbonyl (C=O) groups is 1. The van der Waals surface area contributed by atoms with Crippen LogP contribution in [0, 0.1) is 0 Å². The zero-order valence-corrected chi connectivity index (χ0v) is 12.9. The maximum absolute atomic E-state index is 11.9. The predicted octanol–water partition coefficient (Wildman–Crippen LogP) is 2.83. The summed E-state index contributed by atoms with van der Waals surface area (Å²) in [5.74, 6) is -0.415. The maximum atomic E-state index is 11.9. The SMILES string of the molecule is CCC(NCCCN=[N+]=[N-])(C(N)=O)c1cccc(Br)c1. The van der Waals surface area contributed by atoms with E-state index in [1.54, 1.807) is 0 Å². The van der Waals surface area contributed by atoms with Crippen molar-refractivity contribution in [3.63, 3.8) is 0 Å². The summed E-state index contributed by atoms with van der Waals surface area (Å²) in [6.07, 6.45) is 1.19. The fourth-order valence-electron chi connectivity index (χ4n) is 2.09. The second-order valence-electron chi connectivity index (χ2n) is 4.37. The van der Waals surface area contributed by atoms with Gasteiger partial charge in [0.25, 0.3) is 0 Å². The number of hydrogen-bond donors (Lipinski definition) is 2. The Kier molecular flexibility index (Phi) is 6.51. The zero-order valence-electron chi connectivity index (χ0n) is 11.3. The highest BCUT2D eigenvalue weighted by atomic mass is 79.9. The van der Waals surface area contributed by atoms with Crippen molar-refractivity contribution in [3.05, 3.63) is 44.7 Å². The van der Waals surface area contributed by atoms with Gasteiger partial charge >= 0.3 is 0 Å². The van der Waals surface area contributed by atoms with Gasteiger partial charge in [0, 0.05) is 15.9 Å². The van der Waals surface area contributed by atoms with Crippen molar-refractivity contribution in [2.24, 2.45) is 10.8 Å². The van der Waals surface area contributed by atoms with E-state index < -0.39 is 11.4 Å². The number of azide groups is 1. The number of nitrogens with one attached hydrogen (secondary N) is 1. The first-order valence-electron chi connectivity index (χ1n) is 6.38. The highest BCUT2D eigenvalue weighted by Gasteiger charge is 2.36. The number of rotatable bonds is 8. The summed E-state index contributed by atoms with van der Waals surface area (Å²) < 4.78 is 0.893. The van der Waals surface area contributed by atoms with Crippen LogP contribution in [-0.4, -0.2) is 19.0 Å². The third-order valence-corrected chi connectivity index (χ3v) is 3.69. The standard InChI is InChI=1S/C13H18BrN5O/c1-2-13(12(15)20,17-7-4-8-18-19-16)10-5-3-6-11(14)9-10/h3,5-6,9,17H,2,4,7-8H2,1H3,(H2,15,20). The molecular formula is C13H18BrN5O. The predicted molar refractivity (Wildman–Crippen MR) is 81.9 cm³/mol. The molecular weight excluding hydrogens is 322 g/mol. The summed E-state index contributed by atoms with van der Waals surface area (Å²) >= 11 is 3.40. The van der Waals surface area contributed by atoms with Crippen molar-refractivity contribution in [2.45, 2.75) is 25.3 Å². The van der Waals surface area contributed by atoms with E-state index >= 15 is 0 Å². The van der Waals surface area contributed by atoms with Crippen LogP contribution in [-0.2, 0) is 10.3 Å². The van der Waals surface area contributed by atoms with E-state index in [4.69, 9.17) is 11.3 Å². The first kappa shape index (κ1) is 16.5. The van der Waals surface area contributed by atoms with Crippen LogP contribution in [0.25, 0.3) is 10.4 Å². The average molecular weight is 340 g/mol. The second-order valence-corrected chi connectivity index (χ2v) is 5.28. The van der Waals surface area contributed by atoms with Crippen LogP contribution >= 0.6 is 15.9 Å². The Labute approximate surface area is 126 Å². The van der Waals surface area contributed by atoms with Crippen LogP contribution in [0.3, 0.4) is 0 Å². The Morgan fingerprint density at radius 2 is 2.35 bits per heavy atom. The number of nitrogens with two attached hydrogens (primary N) is 1. The van der Waals surface area contributed by atoms with Gasteiger partial charge in [0.1, 0.15) is 5.54 Å². The van der Waals surface area contributed by atoms with Crippen molar-refractivity contribution in [2.75, 3.05) is 13.1 Å². The van der Waals surface area contributed by atoms with Crippen molar-refractivity contribution < 1.29 is 4.79 Å². The topological polar surface area (TPSA) is 104 Å². The molecule has 0 radical (unpaired) electrons. The normalized spacial score (nSPS) is 13.3. The minimum absolute atomic E-state index is 0.389. The van der Waals surface area contributed by atoms with Gasteiger partial charge in [-0.1, -0.05) is 40.1 Å². The van der Waals surface area contributed by atoms with E-state index in [9.17, 15) is 4.79 Å². The molecule has 1 amide bonds. The highest BCUT2D eigenvalue weighted by Crippen LogP contribution is 2.27. The lowest BCUT2D eigenvalue weighted by molar-refractivity contribution is -0.125. The molecule has 0 fully saturated rings. The molecule has 1 rings (SSSR count). The van der Waals surface area contributed by atoms with Gasteiger partial charge in [0.15, 0.2) is 0 Å². The molecule has 0 saturated heterocycles. The number of hydrogen-bond acceptors (Lipinski definition) is 3. The van der Waals surface area contributed by atoms with Gasteiger partial charge in [-0.2, -0.15) is 0 Å². The van der Waals surface area contributed by atoms with Crippen LogP contribution in [0.5, 0.6) is 0 Å². The van der Waals surface area contributed by atoms with Gasteiger partial charge in [-0.3, -0.25) is 10.1 Å². The summed E-state index contributed by atoms with van der Waals surface area (Å²) in [5, 5.41) is 6.67. The molecule has 1 aromatic carbocycles. The Bertz CT molecular complexity index is 515. The molecule has 7 heteroatoms. The summed E-state index contributed by atoms with van der Waals surface area (Å²) in [6.45, 7) is 2.84. The fraction of sp³-hybridized carbons (Fsp3) is 0.462. The van der Waals surface area contributed by atoms with Gasteiger partial charge in [0.2, 0.25) is 5.91 Å². The van der Waals surface area contributed by atoms with E-state index in [1.165, 1.54) is 0 Å². The number of benzene rings is 1. The Balaban J connectivity index is 2.92. The molecule has 20 heavy (non-hydrogen) atoms. The minimum atomic E-state index is -0.903. The quantitative estimate of drug-likeness (QED) is 0.329. The van der Waals surface area contributed by atoms with Crippen LogP contribution in [0.4, 0.5) is 0 Å². The summed E-state index contributed by atoms with van der Waals surface area (Å²) in [5.41, 5.74) is 13.8. The van der Waals surface area contributed by atoms with Crippen molar-refractivity contribution in [1.82, 2.24) is 5.32 Å². The van der Waals surface area contributed by atoms with Gasteiger partial charge in [-0.25, -0.2) is 0 Å². The lowest BCUT2D eigenvalue weighted by Crippen LogP contribution is -2.52. The molecule has 0 aliphatic heterocycles. The van der Waals surface area contributed by atoms with Gasteiger partial charge in [-0.05, 0) is 42.6 Å². The van der Waals surface area contributed by atoms with Gasteiger partial charge in [0.05, 0.1) is 0 Å². The zero-order chi connectivity index (χ0) is 15.0. The largest absolute Gasteiger partial charge is 0.368 e. The Morgan fingerprint density at radius 1 is 1.60 bits per heavy atom. The Hall–Kier alpha value is -1.56. The van der Waals surface area contributed by atoms with E-state index in [2.05, 4.69) is 31.3 Å². The van der Waals surface area contributed by atoms with E-state index in [0.29, 0.717) is 25.9 Å². The molecule has 0 spiro atoms. The molecule has 6 nitrogen and oxygen atoms in total. The second kappa shape index (κ2) is 7.89. The number of carbonyl (C=O) groups excluding carboxylic acids is 1. The average Bonchev–Trinajstić information content (AvgIpc) is 2.43. The number of halogens is 1. The molecule has 0 heterocycles. The smallest absolute Gasteiger partial charge is 0.242 e. The molecule has 0 bridgehead atoms. The number of primary amides is 1. The van der Waals surface area contributed by atoms with Gasteiger partial charge < -0.3 is 5.73 Å². The fourth-order valence-corrected chi connectivity index (χ4v) is 2.48. The van der Waals surface area contributed by atoms with Crippen LogP contribution in [0.1, 0.15) is 25.3 Å². The molecule has 1 atom stereocenters. The monoisotopic (exact) mass is 339 g/mol. The molecule has 0 aromatic heterocycles. The van der Waals surface area contributed by atoms with E-state index in [-0.39, 0.29) is 0 Å². The first-order valence-corrected chi connectivity index (χ1v) is 7.18. The minimum Gasteiger partial charge on any atom is -0.368 e. The van der Waals surface area contributed by atoms with Crippen molar-refractivity contribution >= 4 is 21.8 Å². The van der Waals surface area contributed by atoms with Gasteiger partial charge in [-0.15, -0.1) is 0 Å². The van der Waals surface area contributed by atoms with Crippen LogP contribution in [0.2, 0.25) is 0 Å². The molecule has 1 aromatic rings. The third-order valence-electron chi connectivity index (χ3n) is 3.19. The first-order chi connectivity index (χ1) is 9.56. The molecule has 108 valence electrons. The third kappa shape index (κ3) is 3.96. The molecule has 1 unspecified atom stereocenters. The maximum Gasteiger partial charge on any atom is 0.242 e.